The highest BCUT2D eigenvalue weighted by Crippen LogP contribution is 2.27. The molecule has 1 aromatic rings. The van der Waals surface area contributed by atoms with E-state index in [1.807, 2.05) is 12.5 Å². The van der Waals surface area contributed by atoms with Crippen molar-refractivity contribution in [2.24, 2.45) is 16.8 Å². The number of hydrogen-bond donors (Lipinski definition) is 1. The Morgan fingerprint density at radius 3 is 2.53 bits per heavy atom. The van der Waals surface area contributed by atoms with E-state index < -0.39 is 0 Å². The monoisotopic (exact) mass is 531 g/mol. The van der Waals surface area contributed by atoms with Gasteiger partial charge in [-0.15, -0.1) is 24.0 Å². The van der Waals surface area contributed by atoms with Crippen LogP contribution < -0.4 is 5.32 Å². The van der Waals surface area contributed by atoms with Crippen molar-refractivity contribution in [2.75, 3.05) is 65.4 Å². The normalized spacial score (nSPS) is 25.1. The second kappa shape index (κ2) is 12.9. The number of nitrogens with zero attached hydrogens (tertiary/aromatic N) is 6. The van der Waals surface area contributed by atoms with E-state index in [1.165, 1.54) is 39.1 Å². The van der Waals surface area contributed by atoms with Crippen molar-refractivity contribution in [2.45, 2.75) is 40.2 Å². The van der Waals surface area contributed by atoms with Crippen LogP contribution in [0.5, 0.6) is 0 Å². The second-order valence-corrected chi connectivity index (χ2v) is 8.82. The zero-order valence-corrected chi connectivity index (χ0v) is 21.7. The lowest BCUT2D eigenvalue weighted by atomic mass is 9.93. The molecule has 0 saturated carbocycles. The Hall–Kier alpha value is -0.870. The summed E-state index contributed by atoms with van der Waals surface area (Å²) in [5.41, 5.74) is 0. The molecular formula is C22H42IN7. The number of piperidine rings is 1. The molecule has 0 radical (unpaired) electrons. The average molecular weight is 532 g/mol. The zero-order chi connectivity index (χ0) is 20.6. The molecule has 3 rings (SSSR count). The van der Waals surface area contributed by atoms with Gasteiger partial charge in [-0.25, -0.2) is 4.98 Å². The van der Waals surface area contributed by atoms with E-state index in [1.54, 1.807) is 0 Å². The number of likely N-dealkylation sites (N-methyl/N-ethyl adjacent to an activating group) is 1. The third-order valence-corrected chi connectivity index (χ3v) is 6.50. The first kappa shape index (κ1) is 25.4. The summed E-state index contributed by atoms with van der Waals surface area (Å²) in [5.74, 6) is 2.31. The minimum atomic E-state index is 0. The number of rotatable bonds is 7. The number of aromatic nitrogens is 2. The Kier molecular flexibility index (Phi) is 10.9. The fraction of sp³-hybridized carbons (Fsp3) is 0.818. The maximum absolute atomic E-state index is 5.04. The molecular weight excluding hydrogens is 489 g/mol. The van der Waals surface area contributed by atoms with Gasteiger partial charge in [0.05, 0.1) is 12.4 Å². The number of nitrogens with one attached hydrogen (secondary N) is 1. The molecule has 2 aliphatic rings. The number of aliphatic imine (C=N–C) groups is 1. The predicted octanol–water partition coefficient (Wildman–Crippen LogP) is 2.62. The quantitative estimate of drug-likeness (QED) is 0.333. The van der Waals surface area contributed by atoms with E-state index in [4.69, 9.17) is 4.99 Å². The topological polar surface area (TPSA) is 51.9 Å². The average Bonchev–Trinajstić information content (AvgIpc) is 3.27. The molecule has 0 spiro atoms. The van der Waals surface area contributed by atoms with Gasteiger partial charge in [-0.3, -0.25) is 4.99 Å². The van der Waals surface area contributed by atoms with Crippen molar-refractivity contribution in [1.29, 1.82) is 0 Å². The number of piperazine rings is 1. The van der Waals surface area contributed by atoms with Gasteiger partial charge in [-0.2, -0.15) is 0 Å². The van der Waals surface area contributed by atoms with Gasteiger partial charge in [0.25, 0.3) is 0 Å². The van der Waals surface area contributed by atoms with Crippen LogP contribution in [0.4, 0.5) is 0 Å². The molecule has 30 heavy (non-hydrogen) atoms. The van der Waals surface area contributed by atoms with Gasteiger partial charge in [0.2, 0.25) is 0 Å². The maximum Gasteiger partial charge on any atom is 0.193 e. The highest BCUT2D eigenvalue weighted by Gasteiger charge is 2.29. The second-order valence-electron chi connectivity index (χ2n) is 8.82. The Morgan fingerprint density at radius 1 is 1.17 bits per heavy atom. The molecule has 172 valence electrons. The van der Waals surface area contributed by atoms with Crippen molar-refractivity contribution >= 4 is 29.9 Å². The molecule has 8 heteroatoms. The van der Waals surface area contributed by atoms with Gasteiger partial charge in [0, 0.05) is 71.3 Å². The van der Waals surface area contributed by atoms with Crippen molar-refractivity contribution in [1.82, 2.24) is 29.6 Å². The molecule has 3 heterocycles. The van der Waals surface area contributed by atoms with Crippen LogP contribution in [0, 0.1) is 11.8 Å². The van der Waals surface area contributed by atoms with Crippen LogP contribution in [-0.4, -0.2) is 95.7 Å². The van der Waals surface area contributed by atoms with E-state index in [9.17, 15) is 0 Å². The van der Waals surface area contributed by atoms with Gasteiger partial charge in [0.1, 0.15) is 0 Å². The molecule has 2 fully saturated rings. The maximum atomic E-state index is 5.04. The summed E-state index contributed by atoms with van der Waals surface area (Å²) >= 11 is 0. The van der Waals surface area contributed by atoms with Crippen LogP contribution in [0.3, 0.4) is 0 Å². The van der Waals surface area contributed by atoms with Crippen LogP contribution in [0.1, 0.15) is 40.2 Å². The van der Waals surface area contributed by atoms with Crippen molar-refractivity contribution < 1.29 is 0 Å². The first-order chi connectivity index (χ1) is 14.1. The highest BCUT2D eigenvalue weighted by atomic mass is 127. The number of imidazole rings is 1. The van der Waals surface area contributed by atoms with Gasteiger partial charge >= 0.3 is 0 Å². The van der Waals surface area contributed by atoms with E-state index in [0.29, 0.717) is 17.9 Å². The summed E-state index contributed by atoms with van der Waals surface area (Å²) in [6, 6.07) is 0.461. The van der Waals surface area contributed by atoms with Gasteiger partial charge < -0.3 is 24.6 Å². The molecule has 2 aliphatic heterocycles. The molecule has 0 aromatic carbocycles. The zero-order valence-electron chi connectivity index (χ0n) is 19.3. The third kappa shape index (κ3) is 7.09. The molecule has 1 N–H and O–H groups in total. The van der Waals surface area contributed by atoms with Crippen molar-refractivity contribution in [3.05, 3.63) is 18.7 Å². The Balaban J connectivity index is 0.00000320. The Bertz CT molecular complexity index is 613. The number of halogens is 1. The van der Waals surface area contributed by atoms with Crippen LogP contribution in [0.2, 0.25) is 0 Å². The summed E-state index contributed by atoms with van der Waals surface area (Å²) in [4.78, 5) is 16.9. The van der Waals surface area contributed by atoms with E-state index in [2.05, 4.69) is 63.5 Å². The molecule has 0 aliphatic carbocycles. The van der Waals surface area contributed by atoms with Crippen molar-refractivity contribution in [3.63, 3.8) is 0 Å². The van der Waals surface area contributed by atoms with Crippen LogP contribution in [0.15, 0.2) is 23.7 Å². The summed E-state index contributed by atoms with van der Waals surface area (Å²) in [6.45, 7) is 20.1. The lowest BCUT2D eigenvalue weighted by molar-refractivity contribution is 0.125. The van der Waals surface area contributed by atoms with Gasteiger partial charge in [0.15, 0.2) is 5.96 Å². The van der Waals surface area contributed by atoms with Gasteiger partial charge in [-0.1, -0.05) is 20.8 Å². The molecule has 3 atom stereocenters. The Labute approximate surface area is 200 Å². The lowest BCUT2D eigenvalue weighted by Gasteiger charge is -2.39. The van der Waals surface area contributed by atoms with Crippen LogP contribution >= 0.6 is 24.0 Å². The summed E-state index contributed by atoms with van der Waals surface area (Å²) in [7, 11) is 0. The van der Waals surface area contributed by atoms with E-state index in [0.717, 1.165) is 38.7 Å². The number of likely N-dealkylation sites (tertiary alicyclic amines) is 1. The van der Waals surface area contributed by atoms with Crippen LogP contribution in [-0.2, 0) is 0 Å². The molecule has 0 bridgehead atoms. The third-order valence-electron chi connectivity index (χ3n) is 6.50. The minimum absolute atomic E-state index is 0. The molecule has 7 nitrogen and oxygen atoms in total. The SMILES string of the molecule is CCNC(=NCC(C)CN1CCN(CC)CC1)N1CCC(C)C(n2ccnc2)C1.I. The summed E-state index contributed by atoms with van der Waals surface area (Å²) in [6.07, 6.45) is 7.11. The number of guanidine groups is 1. The molecule has 2 saturated heterocycles. The lowest BCUT2D eigenvalue weighted by Crippen LogP contribution is -2.49. The van der Waals surface area contributed by atoms with Gasteiger partial charge in [-0.05, 0) is 31.7 Å². The van der Waals surface area contributed by atoms with E-state index >= 15 is 0 Å². The highest BCUT2D eigenvalue weighted by molar-refractivity contribution is 14.0. The fourth-order valence-electron chi connectivity index (χ4n) is 4.55. The standard InChI is InChI=1S/C22H41N7.HI/c1-5-24-22(25-15-19(3)16-27-13-11-26(6-2)12-14-27)28-9-7-20(4)21(17-28)29-10-8-23-18-29;/h8,10,18-21H,5-7,9,11-17H2,1-4H3,(H,24,25);1H. The first-order valence-electron chi connectivity index (χ1n) is 11.6. The van der Waals surface area contributed by atoms with E-state index in [-0.39, 0.29) is 24.0 Å². The largest absolute Gasteiger partial charge is 0.357 e. The fourth-order valence-corrected chi connectivity index (χ4v) is 4.55. The smallest absolute Gasteiger partial charge is 0.193 e. The predicted molar refractivity (Wildman–Crippen MR) is 136 cm³/mol. The van der Waals surface area contributed by atoms with Crippen molar-refractivity contribution in [3.8, 4) is 0 Å². The Morgan fingerprint density at radius 2 is 1.90 bits per heavy atom. The molecule has 1 aromatic heterocycles. The summed E-state index contributed by atoms with van der Waals surface area (Å²) < 4.78 is 2.26. The minimum Gasteiger partial charge on any atom is -0.357 e. The number of hydrogen-bond acceptors (Lipinski definition) is 4. The molecule has 3 unspecified atom stereocenters. The molecule has 0 amide bonds. The first-order valence-corrected chi connectivity index (χ1v) is 11.6. The summed E-state index contributed by atoms with van der Waals surface area (Å²) in [5, 5.41) is 3.54. The van der Waals surface area contributed by atoms with Crippen LogP contribution in [0.25, 0.3) is 0 Å².